The van der Waals surface area contributed by atoms with Gasteiger partial charge in [-0.05, 0) is 24.6 Å². The van der Waals surface area contributed by atoms with Crippen molar-refractivity contribution in [2.24, 2.45) is 0 Å². The highest BCUT2D eigenvalue weighted by molar-refractivity contribution is 6.21. The molecular formula is C22H19N3O5. The number of hydroxylamine groups is 2. The van der Waals surface area contributed by atoms with Crippen molar-refractivity contribution < 1.29 is 19.2 Å². The van der Waals surface area contributed by atoms with Gasteiger partial charge in [-0.1, -0.05) is 55.2 Å². The summed E-state index contributed by atoms with van der Waals surface area (Å²) in [6.07, 6.45) is 2.61. The number of hydrogen-bond acceptors (Lipinski definition) is 6. The maximum atomic E-state index is 12.9. The predicted molar refractivity (Wildman–Crippen MR) is 108 cm³/mol. The maximum absolute atomic E-state index is 12.9. The molecule has 152 valence electrons. The van der Waals surface area contributed by atoms with Crippen molar-refractivity contribution in [3.63, 3.8) is 0 Å². The van der Waals surface area contributed by atoms with Crippen molar-refractivity contribution in [2.45, 2.75) is 32.7 Å². The molecule has 0 N–H and O–H groups in total. The zero-order valence-electron chi connectivity index (χ0n) is 16.3. The lowest BCUT2D eigenvalue weighted by Gasteiger charge is -2.14. The molecule has 0 unspecified atom stereocenters. The molecule has 2 heterocycles. The van der Waals surface area contributed by atoms with Crippen LogP contribution in [0.1, 0.15) is 57.4 Å². The van der Waals surface area contributed by atoms with E-state index in [0.29, 0.717) is 22.4 Å². The van der Waals surface area contributed by atoms with Crippen LogP contribution in [0.2, 0.25) is 0 Å². The molecule has 0 radical (unpaired) electrons. The topological polar surface area (TPSA) is 98.6 Å². The summed E-state index contributed by atoms with van der Waals surface area (Å²) in [5.74, 6) is -2.42. The van der Waals surface area contributed by atoms with E-state index in [-0.39, 0.29) is 22.4 Å². The summed E-state index contributed by atoms with van der Waals surface area (Å²) in [6.45, 7) is 2.40. The molecule has 8 nitrogen and oxygen atoms in total. The first kappa shape index (κ1) is 19.5. The molecule has 4 rings (SSSR count). The van der Waals surface area contributed by atoms with Crippen LogP contribution in [0.4, 0.5) is 0 Å². The second-order valence-electron chi connectivity index (χ2n) is 6.96. The summed E-state index contributed by atoms with van der Waals surface area (Å²) in [5, 5.41) is 5.25. The summed E-state index contributed by atoms with van der Waals surface area (Å²) >= 11 is 0. The van der Waals surface area contributed by atoms with Gasteiger partial charge in [-0.3, -0.25) is 14.4 Å². The van der Waals surface area contributed by atoms with Crippen molar-refractivity contribution in [1.82, 2.24) is 14.8 Å². The van der Waals surface area contributed by atoms with Crippen molar-refractivity contribution in [3.8, 4) is 0 Å². The fraction of sp³-hybridized carbons (Fsp3) is 0.227. The summed E-state index contributed by atoms with van der Waals surface area (Å²) in [6, 6.07) is 12.8. The molecule has 0 atom stereocenters. The molecular weight excluding hydrogens is 386 g/mol. The number of benzene rings is 2. The largest absolute Gasteiger partial charge is 0.384 e. The Bertz CT molecular complexity index is 1200. The minimum atomic E-state index is -0.982. The SMILES string of the molecule is CCCCCn1nc(C(=O)ON2C(=O)c3ccccc3C2=O)c2ccccc2c1=O. The number of carbonyl (C=O) groups excluding carboxylic acids is 3. The van der Waals surface area contributed by atoms with Gasteiger partial charge in [0.25, 0.3) is 17.4 Å². The Kier molecular flexibility index (Phi) is 5.14. The molecule has 30 heavy (non-hydrogen) atoms. The summed E-state index contributed by atoms with van der Waals surface area (Å²) in [7, 11) is 0. The molecule has 3 aromatic rings. The van der Waals surface area contributed by atoms with Crippen molar-refractivity contribution in [1.29, 1.82) is 0 Å². The lowest BCUT2D eigenvalue weighted by Crippen LogP contribution is -2.34. The van der Waals surface area contributed by atoms with Crippen LogP contribution in [0.5, 0.6) is 0 Å². The van der Waals surface area contributed by atoms with Gasteiger partial charge >= 0.3 is 5.97 Å². The van der Waals surface area contributed by atoms with E-state index in [1.807, 2.05) is 6.92 Å². The Morgan fingerprint density at radius 1 is 0.900 bits per heavy atom. The van der Waals surface area contributed by atoms with E-state index in [2.05, 4.69) is 5.10 Å². The molecule has 0 aliphatic carbocycles. The third kappa shape index (κ3) is 3.26. The first-order chi connectivity index (χ1) is 14.5. The number of hydrogen-bond donors (Lipinski definition) is 0. The zero-order chi connectivity index (χ0) is 21.3. The summed E-state index contributed by atoms with van der Waals surface area (Å²) in [5.41, 5.74) is -0.104. The van der Waals surface area contributed by atoms with Gasteiger partial charge in [-0.25, -0.2) is 9.48 Å². The molecule has 1 aliphatic heterocycles. The lowest BCUT2D eigenvalue weighted by molar-refractivity contribution is -0.0588. The molecule has 0 fully saturated rings. The monoisotopic (exact) mass is 405 g/mol. The Labute approximate surface area is 171 Å². The smallest absolute Gasteiger partial charge is 0.322 e. The molecule has 2 amide bonds. The highest BCUT2D eigenvalue weighted by Gasteiger charge is 2.39. The van der Waals surface area contributed by atoms with Crippen LogP contribution in [-0.4, -0.2) is 32.6 Å². The number of fused-ring (bicyclic) bond motifs is 2. The zero-order valence-corrected chi connectivity index (χ0v) is 16.3. The molecule has 1 aromatic heterocycles. The van der Waals surface area contributed by atoms with Crippen LogP contribution in [-0.2, 0) is 11.4 Å². The van der Waals surface area contributed by atoms with Gasteiger partial charge in [0.15, 0.2) is 5.69 Å². The Balaban J connectivity index is 1.70. The molecule has 8 heteroatoms. The third-order valence-electron chi connectivity index (χ3n) is 4.97. The fourth-order valence-corrected chi connectivity index (χ4v) is 3.43. The van der Waals surface area contributed by atoms with E-state index in [9.17, 15) is 19.2 Å². The highest BCUT2D eigenvalue weighted by atomic mass is 16.7. The first-order valence-electron chi connectivity index (χ1n) is 9.73. The van der Waals surface area contributed by atoms with Gasteiger partial charge in [0.1, 0.15) is 0 Å². The maximum Gasteiger partial charge on any atom is 0.384 e. The molecule has 0 spiro atoms. The fourth-order valence-electron chi connectivity index (χ4n) is 3.43. The number of aryl methyl sites for hydroxylation is 1. The average molecular weight is 405 g/mol. The number of aromatic nitrogens is 2. The van der Waals surface area contributed by atoms with Crippen LogP contribution in [0.3, 0.4) is 0 Å². The third-order valence-corrected chi connectivity index (χ3v) is 4.97. The minimum Gasteiger partial charge on any atom is -0.322 e. The molecule has 1 aliphatic rings. The second kappa shape index (κ2) is 7.90. The molecule has 0 bridgehead atoms. The number of rotatable bonds is 6. The van der Waals surface area contributed by atoms with Gasteiger partial charge in [0.05, 0.1) is 16.5 Å². The Morgan fingerprint density at radius 2 is 1.50 bits per heavy atom. The standard InChI is InChI=1S/C22H19N3O5/c1-2-3-8-13-24-19(26)15-10-5-4-9-14(15)18(23-24)22(29)30-25-20(27)16-11-6-7-12-17(16)21(25)28/h4-7,9-12H,2-3,8,13H2,1H3. The summed E-state index contributed by atoms with van der Waals surface area (Å²) < 4.78 is 1.23. The van der Waals surface area contributed by atoms with Gasteiger partial charge in [0, 0.05) is 11.9 Å². The molecule has 2 aromatic carbocycles. The van der Waals surface area contributed by atoms with Gasteiger partial charge in [0.2, 0.25) is 0 Å². The first-order valence-corrected chi connectivity index (χ1v) is 9.73. The van der Waals surface area contributed by atoms with Crippen LogP contribution < -0.4 is 5.56 Å². The Morgan fingerprint density at radius 3 is 2.13 bits per heavy atom. The van der Waals surface area contributed by atoms with E-state index in [0.717, 1.165) is 19.3 Å². The van der Waals surface area contributed by atoms with E-state index in [1.54, 1.807) is 36.4 Å². The molecule has 0 saturated heterocycles. The normalized spacial score (nSPS) is 13.0. The van der Waals surface area contributed by atoms with Gasteiger partial charge < -0.3 is 4.84 Å². The van der Waals surface area contributed by atoms with E-state index >= 15 is 0 Å². The highest BCUT2D eigenvalue weighted by Crippen LogP contribution is 2.24. The van der Waals surface area contributed by atoms with E-state index < -0.39 is 17.8 Å². The van der Waals surface area contributed by atoms with Crippen molar-refractivity contribution in [3.05, 3.63) is 75.7 Å². The minimum absolute atomic E-state index is 0.127. The van der Waals surface area contributed by atoms with Gasteiger partial charge in [-0.2, -0.15) is 5.10 Å². The number of nitrogens with zero attached hydrogens (tertiary/aromatic N) is 3. The average Bonchev–Trinajstić information content (AvgIpc) is 3.00. The van der Waals surface area contributed by atoms with E-state index in [4.69, 9.17) is 4.84 Å². The number of imide groups is 1. The number of amides is 2. The van der Waals surface area contributed by atoms with Crippen LogP contribution in [0.25, 0.3) is 10.8 Å². The summed E-state index contributed by atoms with van der Waals surface area (Å²) in [4.78, 5) is 55.7. The Hall–Kier alpha value is -3.81. The molecule has 0 saturated carbocycles. The van der Waals surface area contributed by atoms with E-state index in [1.165, 1.54) is 16.8 Å². The van der Waals surface area contributed by atoms with Crippen LogP contribution in [0.15, 0.2) is 53.3 Å². The second-order valence-corrected chi connectivity index (χ2v) is 6.96. The predicted octanol–water partition coefficient (Wildman–Crippen LogP) is 2.95. The number of unbranched alkanes of at least 4 members (excludes halogenated alkanes) is 2. The number of carbonyl (C=O) groups is 3. The van der Waals surface area contributed by atoms with Gasteiger partial charge in [-0.15, -0.1) is 0 Å². The quantitative estimate of drug-likeness (QED) is 0.462. The van der Waals surface area contributed by atoms with Crippen molar-refractivity contribution in [2.75, 3.05) is 0 Å². The van der Waals surface area contributed by atoms with Crippen LogP contribution in [0, 0.1) is 0 Å². The van der Waals surface area contributed by atoms with Crippen molar-refractivity contribution >= 4 is 28.6 Å². The lowest BCUT2D eigenvalue weighted by atomic mass is 10.1. The van der Waals surface area contributed by atoms with Crippen LogP contribution >= 0.6 is 0 Å².